The molecule has 3 rings (SSSR count). The number of rotatable bonds is 8. The van der Waals surface area contributed by atoms with Crippen molar-refractivity contribution < 1.29 is 4.79 Å². The van der Waals surface area contributed by atoms with Crippen molar-refractivity contribution in [1.29, 1.82) is 5.41 Å². The molecule has 1 aromatic carbocycles. The molecule has 1 aromatic heterocycles. The van der Waals surface area contributed by atoms with Crippen molar-refractivity contribution in [2.45, 2.75) is 77.4 Å². The Kier molecular flexibility index (Phi) is 7.13. The standard InChI is InChI=1S/C24H37N9O/c1-14(2)17-8-7-15(9-19(17)33(27)13-25)30-22-28-12-18(20(26)34)21(31-22)29-16-10-23(3,4)32-24(5,6)11-16/h7-9,12-14,16,25,32H,10-11,27H2,1-6H3,(H2,26,34)(H2,28,29,30,31). The van der Waals surface area contributed by atoms with Crippen LogP contribution in [0.25, 0.3) is 0 Å². The molecule has 1 saturated heterocycles. The van der Waals surface area contributed by atoms with Gasteiger partial charge in [0.1, 0.15) is 12.2 Å². The van der Waals surface area contributed by atoms with E-state index in [1.807, 2.05) is 18.2 Å². The van der Waals surface area contributed by atoms with Gasteiger partial charge in [-0.05, 0) is 64.2 Å². The summed E-state index contributed by atoms with van der Waals surface area (Å²) in [5, 5.41) is 19.1. The molecule has 0 bridgehead atoms. The highest BCUT2D eigenvalue weighted by Gasteiger charge is 2.38. The van der Waals surface area contributed by atoms with Crippen LogP contribution in [0.5, 0.6) is 0 Å². The molecule has 34 heavy (non-hydrogen) atoms. The number of amides is 1. The molecule has 1 aliphatic rings. The van der Waals surface area contributed by atoms with E-state index in [0.717, 1.165) is 24.7 Å². The Morgan fingerprint density at radius 3 is 2.47 bits per heavy atom. The van der Waals surface area contributed by atoms with E-state index in [2.05, 4.69) is 67.5 Å². The maximum Gasteiger partial charge on any atom is 0.254 e. The van der Waals surface area contributed by atoms with Crippen molar-refractivity contribution in [2.24, 2.45) is 11.6 Å². The fourth-order valence-corrected chi connectivity index (χ4v) is 4.88. The van der Waals surface area contributed by atoms with E-state index in [4.69, 9.17) is 17.0 Å². The highest BCUT2D eigenvalue weighted by molar-refractivity contribution is 5.97. The Morgan fingerprint density at radius 1 is 1.26 bits per heavy atom. The van der Waals surface area contributed by atoms with E-state index in [1.54, 1.807) is 0 Å². The first kappa shape index (κ1) is 25.4. The van der Waals surface area contributed by atoms with Crippen LogP contribution in [0.15, 0.2) is 24.4 Å². The van der Waals surface area contributed by atoms with E-state index in [1.165, 1.54) is 11.2 Å². The maximum absolute atomic E-state index is 12.1. The summed E-state index contributed by atoms with van der Waals surface area (Å²) in [7, 11) is 0. The van der Waals surface area contributed by atoms with Crippen LogP contribution in [0.2, 0.25) is 0 Å². The molecule has 10 nitrogen and oxygen atoms in total. The van der Waals surface area contributed by atoms with Gasteiger partial charge in [-0.3, -0.25) is 15.2 Å². The molecule has 8 N–H and O–H groups in total. The molecule has 1 fully saturated rings. The van der Waals surface area contributed by atoms with E-state index in [9.17, 15) is 4.79 Å². The number of hydrogen-bond acceptors (Lipinski definition) is 8. The van der Waals surface area contributed by atoms with Crippen molar-refractivity contribution in [2.75, 3.05) is 15.6 Å². The van der Waals surface area contributed by atoms with Gasteiger partial charge in [0.15, 0.2) is 0 Å². The lowest BCUT2D eigenvalue weighted by atomic mass is 9.79. The van der Waals surface area contributed by atoms with Gasteiger partial charge in [-0.25, -0.2) is 10.8 Å². The molecule has 2 heterocycles. The Bertz CT molecular complexity index is 1050. The van der Waals surface area contributed by atoms with Gasteiger partial charge in [-0.2, -0.15) is 4.98 Å². The summed E-state index contributed by atoms with van der Waals surface area (Å²) < 4.78 is 0. The minimum Gasteiger partial charge on any atom is -0.366 e. The smallest absolute Gasteiger partial charge is 0.254 e. The number of carbonyl (C=O) groups excluding carboxylic acids is 1. The number of piperidine rings is 1. The third-order valence-electron chi connectivity index (χ3n) is 5.91. The third-order valence-corrected chi connectivity index (χ3v) is 5.91. The largest absolute Gasteiger partial charge is 0.366 e. The molecule has 184 valence electrons. The average molecular weight is 468 g/mol. The normalized spacial score (nSPS) is 17.3. The zero-order valence-corrected chi connectivity index (χ0v) is 20.9. The van der Waals surface area contributed by atoms with Crippen LogP contribution in [-0.2, 0) is 0 Å². The highest BCUT2D eigenvalue weighted by Crippen LogP contribution is 2.32. The quantitative estimate of drug-likeness (QED) is 0.149. The van der Waals surface area contributed by atoms with Gasteiger partial charge in [0.25, 0.3) is 5.91 Å². The number of nitrogens with zero attached hydrogens (tertiary/aromatic N) is 3. The van der Waals surface area contributed by atoms with Crippen molar-refractivity contribution in [3.05, 3.63) is 35.5 Å². The summed E-state index contributed by atoms with van der Waals surface area (Å²) in [6.45, 7) is 12.8. The molecule has 0 atom stereocenters. The predicted octanol–water partition coefficient (Wildman–Crippen LogP) is 3.45. The number of anilines is 4. The molecule has 0 unspecified atom stereocenters. The summed E-state index contributed by atoms with van der Waals surface area (Å²) in [6, 6.07) is 5.81. The minimum atomic E-state index is -0.588. The second-order valence-corrected chi connectivity index (χ2v) is 10.6. The van der Waals surface area contributed by atoms with Crippen LogP contribution < -0.4 is 32.5 Å². The number of nitrogens with two attached hydrogens (primary N) is 2. The number of nitrogens with one attached hydrogen (secondary N) is 4. The summed E-state index contributed by atoms with van der Waals surface area (Å²) in [4.78, 5) is 21.0. The molecule has 1 amide bonds. The topological polar surface area (TPSA) is 158 Å². The van der Waals surface area contributed by atoms with Crippen LogP contribution >= 0.6 is 0 Å². The van der Waals surface area contributed by atoms with Crippen LogP contribution in [0.4, 0.5) is 23.1 Å². The zero-order chi connectivity index (χ0) is 25.3. The van der Waals surface area contributed by atoms with Crippen LogP contribution in [0.1, 0.15) is 76.2 Å². The van der Waals surface area contributed by atoms with E-state index in [0.29, 0.717) is 23.1 Å². The summed E-state index contributed by atoms with van der Waals surface area (Å²) in [6.07, 6.45) is 4.22. The molecule has 10 heteroatoms. The van der Waals surface area contributed by atoms with Crippen LogP contribution in [0.3, 0.4) is 0 Å². The molecular formula is C24H37N9O. The molecule has 0 saturated carbocycles. The molecule has 0 aliphatic carbocycles. The molecule has 1 aliphatic heterocycles. The molecular weight excluding hydrogens is 430 g/mol. The number of aromatic nitrogens is 2. The van der Waals surface area contributed by atoms with E-state index >= 15 is 0 Å². The van der Waals surface area contributed by atoms with Gasteiger partial charge >= 0.3 is 0 Å². The summed E-state index contributed by atoms with van der Waals surface area (Å²) in [5.41, 5.74) is 8.14. The minimum absolute atomic E-state index is 0.0715. The first-order chi connectivity index (χ1) is 15.8. The summed E-state index contributed by atoms with van der Waals surface area (Å²) in [5.74, 6) is 6.35. The van der Waals surface area contributed by atoms with Crippen LogP contribution in [-0.4, -0.2) is 39.3 Å². The van der Waals surface area contributed by atoms with Gasteiger partial charge in [0.2, 0.25) is 5.95 Å². The monoisotopic (exact) mass is 467 g/mol. The van der Waals surface area contributed by atoms with Gasteiger partial charge in [-0.1, -0.05) is 19.9 Å². The van der Waals surface area contributed by atoms with Crippen molar-refractivity contribution in [3.63, 3.8) is 0 Å². The highest BCUT2D eigenvalue weighted by atomic mass is 16.1. The molecule has 0 radical (unpaired) electrons. The zero-order valence-electron chi connectivity index (χ0n) is 20.9. The fraction of sp³-hybridized carbons (Fsp3) is 0.500. The van der Waals surface area contributed by atoms with Gasteiger partial charge in [0, 0.05) is 29.0 Å². The predicted molar refractivity (Wildman–Crippen MR) is 138 cm³/mol. The second kappa shape index (κ2) is 9.55. The van der Waals surface area contributed by atoms with Crippen molar-refractivity contribution in [1.82, 2.24) is 15.3 Å². The Morgan fingerprint density at radius 2 is 1.91 bits per heavy atom. The number of primary amides is 1. The first-order valence-corrected chi connectivity index (χ1v) is 11.5. The SMILES string of the molecule is CC(C)c1ccc(Nc2ncc(C(N)=O)c(NC3CC(C)(C)NC(C)(C)C3)n2)cc1N(N)C=N. The molecule has 0 spiro atoms. The van der Waals surface area contributed by atoms with E-state index in [-0.39, 0.29) is 28.6 Å². The van der Waals surface area contributed by atoms with E-state index < -0.39 is 5.91 Å². The Hall–Kier alpha value is -3.24. The van der Waals surface area contributed by atoms with Gasteiger partial charge < -0.3 is 21.7 Å². The molecule has 2 aromatic rings. The maximum atomic E-state index is 12.1. The second-order valence-electron chi connectivity index (χ2n) is 10.6. The average Bonchev–Trinajstić information content (AvgIpc) is 2.70. The Balaban J connectivity index is 1.91. The number of benzene rings is 1. The lowest BCUT2D eigenvalue weighted by Crippen LogP contribution is -2.60. The third kappa shape index (κ3) is 6.00. The lowest BCUT2D eigenvalue weighted by molar-refractivity contribution is 0.100. The number of carbonyl (C=O) groups is 1. The van der Waals surface area contributed by atoms with Crippen molar-refractivity contribution in [3.8, 4) is 0 Å². The number of hydrogen-bond donors (Lipinski definition) is 6. The Labute approximate surface area is 201 Å². The first-order valence-electron chi connectivity index (χ1n) is 11.5. The van der Waals surface area contributed by atoms with Crippen LogP contribution in [0, 0.1) is 5.41 Å². The lowest BCUT2D eigenvalue weighted by Gasteiger charge is -2.46. The van der Waals surface area contributed by atoms with Gasteiger partial charge in [0.05, 0.1) is 11.3 Å². The number of hydrazine groups is 1. The summed E-state index contributed by atoms with van der Waals surface area (Å²) >= 11 is 0. The van der Waals surface area contributed by atoms with Gasteiger partial charge in [-0.15, -0.1) is 0 Å². The fourth-order valence-electron chi connectivity index (χ4n) is 4.88. The van der Waals surface area contributed by atoms with Crippen molar-refractivity contribution >= 4 is 35.4 Å².